The zero-order chi connectivity index (χ0) is 24.8. The monoisotopic (exact) mass is 479 g/mol. The number of carbonyl (C=O) groups excluding carboxylic acids is 2. The van der Waals surface area contributed by atoms with Gasteiger partial charge in [-0.2, -0.15) is 0 Å². The van der Waals surface area contributed by atoms with E-state index in [0.29, 0.717) is 0 Å². The van der Waals surface area contributed by atoms with Gasteiger partial charge in [0.1, 0.15) is 11.9 Å². The zero-order valence-electron chi connectivity index (χ0n) is 18.3. The molecule has 10 heteroatoms. The molecule has 1 aliphatic rings. The molecule has 1 aliphatic heterocycles. The largest absolute Gasteiger partial charge is 0.461 e. The van der Waals surface area contributed by atoms with Crippen LogP contribution in [0.2, 0.25) is 0 Å². The number of aliphatic hydroxyl groups is 1. The number of carbonyl (C=O) groups is 2. The molecular weight excluding hydrogens is 458 g/mol. The van der Waals surface area contributed by atoms with Gasteiger partial charge >= 0.3 is 11.9 Å². The predicted molar refractivity (Wildman–Crippen MR) is 121 cm³/mol. The Morgan fingerprint density at radius 3 is 1.86 bits per heavy atom. The Hall–Kier alpha value is -4.28. The van der Waals surface area contributed by atoms with Crippen LogP contribution in [0.15, 0.2) is 84.9 Å². The topological polar surface area (TPSA) is 134 Å². The summed E-state index contributed by atoms with van der Waals surface area (Å²) in [4.78, 5) is 35.9. The first-order chi connectivity index (χ1) is 16.9. The Morgan fingerprint density at radius 2 is 1.34 bits per heavy atom. The second-order valence-corrected chi connectivity index (χ2v) is 7.61. The minimum absolute atomic E-state index is 0.140. The Bertz CT molecular complexity index is 1170. The van der Waals surface area contributed by atoms with Gasteiger partial charge in [0, 0.05) is 12.1 Å². The summed E-state index contributed by atoms with van der Waals surface area (Å²) in [6.07, 6.45) is -5.25. The van der Waals surface area contributed by atoms with Crippen molar-refractivity contribution in [2.24, 2.45) is 0 Å². The van der Waals surface area contributed by atoms with Gasteiger partial charge < -0.3 is 24.1 Å². The fourth-order valence-corrected chi connectivity index (χ4v) is 3.44. The summed E-state index contributed by atoms with van der Waals surface area (Å²) in [6, 6.07) is 21.5. The SMILES string of the molecule is O=C(O[C@@H]1[C@@H](OC(=O)c2ccccc2)[C@H](Oc2ccc([N+](=O)[O-])cc2)OC[C@@H]1O)c1ccccc1. The normalized spacial score (nSPS) is 21.5. The second kappa shape index (κ2) is 10.8. The van der Waals surface area contributed by atoms with E-state index in [1.54, 1.807) is 60.7 Å². The maximum atomic E-state index is 12.8. The standard InChI is InChI=1S/C25H21NO9/c27-20-15-32-25(33-19-13-11-18(12-14-19)26(30)31)22(35-24(29)17-9-5-2-6-10-17)21(20)34-23(28)16-7-3-1-4-8-16/h1-14,20-22,25,27H,15H2/t20-,21-,22+,25-/m0/s1. The van der Waals surface area contributed by atoms with Gasteiger partial charge in [-0.3, -0.25) is 10.1 Å². The third-order valence-electron chi connectivity index (χ3n) is 5.21. The molecule has 0 aromatic heterocycles. The summed E-state index contributed by atoms with van der Waals surface area (Å²) >= 11 is 0. The maximum Gasteiger partial charge on any atom is 0.338 e. The molecule has 0 spiro atoms. The quantitative estimate of drug-likeness (QED) is 0.308. The molecule has 0 amide bonds. The fraction of sp³-hybridized carbons (Fsp3) is 0.200. The number of hydrogen-bond donors (Lipinski definition) is 1. The molecule has 180 valence electrons. The van der Waals surface area contributed by atoms with E-state index < -0.39 is 41.5 Å². The van der Waals surface area contributed by atoms with Crippen LogP contribution >= 0.6 is 0 Å². The molecule has 3 aromatic carbocycles. The van der Waals surface area contributed by atoms with E-state index in [0.717, 1.165) is 0 Å². The minimum atomic E-state index is -1.35. The van der Waals surface area contributed by atoms with Gasteiger partial charge in [-0.15, -0.1) is 0 Å². The summed E-state index contributed by atoms with van der Waals surface area (Å²) in [6.45, 7) is -0.274. The molecule has 0 aliphatic carbocycles. The molecular formula is C25H21NO9. The molecule has 1 fully saturated rings. The molecule has 35 heavy (non-hydrogen) atoms. The lowest BCUT2D eigenvalue weighted by Gasteiger charge is -2.39. The van der Waals surface area contributed by atoms with Crippen molar-refractivity contribution in [2.75, 3.05) is 6.61 Å². The molecule has 1 heterocycles. The summed E-state index contributed by atoms with van der Waals surface area (Å²) in [7, 11) is 0. The van der Waals surface area contributed by atoms with Crippen molar-refractivity contribution in [2.45, 2.75) is 24.6 Å². The van der Waals surface area contributed by atoms with Gasteiger partial charge in [0.15, 0.2) is 6.10 Å². The van der Waals surface area contributed by atoms with Crippen LogP contribution in [-0.2, 0) is 14.2 Å². The third-order valence-corrected chi connectivity index (χ3v) is 5.21. The molecule has 10 nitrogen and oxygen atoms in total. The number of nitrogens with zero attached hydrogens (tertiary/aromatic N) is 1. The van der Waals surface area contributed by atoms with Crippen LogP contribution in [-0.4, -0.2) is 53.2 Å². The lowest BCUT2D eigenvalue weighted by Crippen LogP contribution is -2.58. The summed E-state index contributed by atoms with van der Waals surface area (Å²) in [5, 5.41) is 21.5. The number of ether oxygens (including phenoxy) is 4. The zero-order valence-corrected chi connectivity index (χ0v) is 18.3. The third kappa shape index (κ3) is 5.81. The Labute approximate surface area is 199 Å². The van der Waals surface area contributed by atoms with Crippen LogP contribution in [0, 0.1) is 10.1 Å². The molecule has 0 unspecified atom stereocenters. The highest BCUT2D eigenvalue weighted by Gasteiger charge is 2.47. The van der Waals surface area contributed by atoms with Gasteiger partial charge in [0.05, 0.1) is 22.7 Å². The molecule has 1 N–H and O–H groups in total. The number of rotatable bonds is 7. The fourth-order valence-electron chi connectivity index (χ4n) is 3.44. The van der Waals surface area contributed by atoms with E-state index in [2.05, 4.69) is 0 Å². The highest BCUT2D eigenvalue weighted by atomic mass is 16.7. The van der Waals surface area contributed by atoms with Crippen LogP contribution in [0.25, 0.3) is 0 Å². The smallest absolute Gasteiger partial charge is 0.338 e. The predicted octanol–water partition coefficient (Wildman–Crippen LogP) is 3.14. The Morgan fingerprint density at radius 1 is 0.829 bits per heavy atom. The van der Waals surface area contributed by atoms with Crippen LogP contribution in [0.3, 0.4) is 0 Å². The first-order valence-electron chi connectivity index (χ1n) is 10.7. The average molecular weight is 479 g/mol. The highest BCUT2D eigenvalue weighted by molar-refractivity contribution is 5.90. The van der Waals surface area contributed by atoms with Crippen molar-refractivity contribution in [1.82, 2.24) is 0 Å². The number of benzene rings is 3. The van der Waals surface area contributed by atoms with Crippen molar-refractivity contribution >= 4 is 17.6 Å². The number of non-ortho nitro benzene ring substituents is 1. The number of esters is 2. The van der Waals surface area contributed by atoms with Gasteiger partial charge in [0.25, 0.3) is 5.69 Å². The van der Waals surface area contributed by atoms with E-state index in [9.17, 15) is 24.8 Å². The number of nitro groups is 1. The van der Waals surface area contributed by atoms with Gasteiger partial charge in [0.2, 0.25) is 12.4 Å². The summed E-state index contributed by atoms with van der Waals surface area (Å²) in [5.41, 5.74) is 0.334. The molecule has 4 rings (SSSR count). The highest BCUT2D eigenvalue weighted by Crippen LogP contribution is 2.27. The Balaban J connectivity index is 1.59. The molecule has 0 radical (unpaired) electrons. The lowest BCUT2D eigenvalue weighted by molar-refractivity contribution is -0.384. The van der Waals surface area contributed by atoms with Crippen LogP contribution in [0.1, 0.15) is 20.7 Å². The maximum absolute atomic E-state index is 12.8. The molecule has 3 aromatic rings. The van der Waals surface area contributed by atoms with Gasteiger partial charge in [-0.1, -0.05) is 36.4 Å². The van der Waals surface area contributed by atoms with E-state index >= 15 is 0 Å². The van der Waals surface area contributed by atoms with Crippen molar-refractivity contribution < 1.29 is 38.6 Å². The van der Waals surface area contributed by atoms with Crippen molar-refractivity contribution in [3.05, 3.63) is 106 Å². The van der Waals surface area contributed by atoms with Crippen LogP contribution < -0.4 is 4.74 Å². The summed E-state index contributed by atoms with van der Waals surface area (Å²) in [5.74, 6) is -1.29. The number of aliphatic hydroxyl groups excluding tert-OH is 1. The minimum Gasteiger partial charge on any atom is -0.461 e. The van der Waals surface area contributed by atoms with E-state index in [-0.39, 0.29) is 29.2 Å². The first-order valence-corrected chi connectivity index (χ1v) is 10.7. The van der Waals surface area contributed by atoms with Crippen molar-refractivity contribution in [3.63, 3.8) is 0 Å². The molecule has 1 saturated heterocycles. The molecule has 0 bridgehead atoms. The average Bonchev–Trinajstić information content (AvgIpc) is 2.89. The first kappa shape index (κ1) is 23.9. The molecule has 4 atom stereocenters. The summed E-state index contributed by atoms with van der Waals surface area (Å²) < 4.78 is 22.5. The number of hydrogen-bond acceptors (Lipinski definition) is 9. The van der Waals surface area contributed by atoms with Gasteiger partial charge in [-0.05, 0) is 36.4 Å². The van der Waals surface area contributed by atoms with E-state index in [1.165, 1.54) is 24.3 Å². The Kier molecular flexibility index (Phi) is 7.34. The van der Waals surface area contributed by atoms with Crippen LogP contribution in [0.5, 0.6) is 5.75 Å². The molecule has 0 saturated carbocycles. The second-order valence-electron chi connectivity index (χ2n) is 7.61. The van der Waals surface area contributed by atoms with Gasteiger partial charge in [-0.25, -0.2) is 9.59 Å². The van der Waals surface area contributed by atoms with E-state index in [4.69, 9.17) is 18.9 Å². The van der Waals surface area contributed by atoms with E-state index in [1.807, 2.05) is 0 Å². The van der Waals surface area contributed by atoms with Crippen molar-refractivity contribution in [1.29, 1.82) is 0 Å². The number of nitro benzene ring substituents is 1. The lowest BCUT2D eigenvalue weighted by atomic mass is 10.0. The van der Waals surface area contributed by atoms with Crippen molar-refractivity contribution in [3.8, 4) is 5.75 Å². The van der Waals surface area contributed by atoms with Crippen LogP contribution in [0.4, 0.5) is 5.69 Å².